The van der Waals surface area contributed by atoms with Crippen LogP contribution in [0.4, 0.5) is 17.1 Å². The second kappa shape index (κ2) is 11.9. The predicted octanol–water partition coefficient (Wildman–Crippen LogP) is 14.5. The van der Waals surface area contributed by atoms with Gasteiger partial charge in [-0.25, -0.2) is 4.98 Å². The highest BCUT2D eigenvalue weighted by Gasteiger charge is 2.18. The maximum absolute atomic E-state index is 6.58. The van der Waals surface area contributed by atoms with Crippen LogP contribution in [0.3, 0.4) is 0 Å². The van der Waals surface area contributed by atoms with Crippen LogP contribution >= 0.6 is 11.3 Å². The van der Waals surface area contributed by atoms with E-state index in [0.717, 1.165) is 49.9 Å². The van der Waals surface area contributed by atoms with Gasteiger partial charge in [-0.2, -0.15) is 0 Å². The smallest absolute Gasteiger partial charge is 0.227 e. The number of benzene rings is 9. The number of hydrogen-bond donors (Lipinski definition) is 0. The Morgan fingerprint density at radius 2 is 1.02 bits per heavy atom. The van der Waals surface area contributed by atoms with Crippen LogP contribution in [0.2, 0.25) is 0 Å². The highest BCUT2D eigenvalue weighted by Crippen LogP contribution is 2.43. The van der Waals surface area contributed by atoms with E-state index in [0.29, 0.717) is 5.89 Å². The molecule has 248 valence electrons. The van der Waals surface area contributed by atoms with Gasteiger partial charge in [-0.05, 0) is 99.4 Å². The highest BCUT2D eigenvalue weighted by molar-refractivity contribution is 7.25. The molecule has 2 heterocycles. The second-order valence-electron chi connectivity index (χ2n) is 13.6. The van der Waals surface area contributed by atoms with E-state index in [1.165, 1.54) is 47.5 Å². The summed E-state index contributed by atoms with van der Waals surface area (Å²) in [6.45, 7) is 0. The summed E-state index contributed by atoms with van der Waals surface area (Å²) in [4.78, 5) is 7.30. The first-order valence-electron chi connectivity index (χ1n) is 17.9. The Labute approximate surface area is 309 Å². The van der Waals surface area contributed by atoms with Crippen molar-refractivity contribution in [1.29, 1.82) is 0 Å². The Balaban J connectivity index is 1.11. The van der Waals surface area contributed by atoms with Crippen LogP contribution in [0.1, 0.15) is 0 Å². The summed E-state index contributed by atoms with van der Waals surface area (Å²) in [7, 11) is 0. The summed E-state index contributed by atoms with van der Waals surface area (Å²) in [6, 6.07) is 65.2. The molecule has 0 N–H and O–H groups in total. The van der Waals surface area contributed by atoms with E-state index in [1.807, 2.05) is 41.7 Å². The van der Waals surface area contributed by atoms with E-state index < -0.39 is 0 Å². The van der Waals surface area contributed by atoms with Crippen molar-refractivity contribution in [2.24, 2.45) is 0 Å². The lowest BCUT2D eigenvalue weighted by Crippen LogP contribution is -2.09. The van der Waals surface area contributed by atoms with Crippen LogP contribution in [0.5, 0.6) is 0 Å². The average molecular weight is 695 g/mol. The fraction of sp³-hybridized carbons (Fsp3) is 0. The number of fused-ring (bicyclic) bond motifs is 10. The van der Waals surface area contributed by atoms with Gasteiger partial charge in [0.25, 0.3) is 0 Å². The molecule has 2 aromatic heterocycles. The minimum atomic E-state index is 0.636. The third kappa shape index (κ3) is 4.91. The zero-order valence-corrected chi connectivity index (χ0v) is 29.3. The van der Waals surface area contributed by atoms with Crippen molar-refractivity contribution in [3.63, 3.8) is 0 Å². The zero-order valence-electron chi connectivity index (χ0n) is 28.5. The van der Waals surface area contributed by atoms with Crippen LogP contribution in [0.25, 0.3) is 86.2 Å². The van der Waals surface area contributed by atoms with E-state index in [2.05, 4.69) is 157 Å². The minimum Gasteiger partial charge on any atom is -0.435 e. The maximum atomic E-state index is 6.58. The molecule has 11 aromatic rings. The SMILES string of the molecule is c1ccc(-c2ccc(N(c3ccc4c(ccc5ccc6ccc7nc(-c8ccccc8)oc7c6c54)c3)c3ccc4sc5ccccc5c4c3)cc2)cc1. The molecule has 0 spiro atoms. The van der Waals surface area contributed by atoms with Crippen LogP contribution < -0.4 is 4.90 Å². The molecule has 0 fully saturated rings. The predicted molar refractivity (Wildman–Crippen MR) is 225 cm³/mol. The summed E-state index contributed by atoms with van der Waals surface area (Å²) in [6.07, 6.45) is 0. The highest BCUT2D eigenvalue weighted by atomic mass is 32.1. The van der Waals surface area contributed by atoms with Crippen molar-refractivity contribution in [3.05, 3.63) is 182 Å². The first kappa shape index (κ1) is 29.9. The molecule has 0 atom stereocenters. The molecule has 0 amide bonds. The third-order valence-electron chi connectivity index (χ3n) is 10.4. The average Bonchev–Trinajstić information content (AvgIpc) is 3.84. The summed E-state index contributed by atoms with van der Waals surface area (Å²) in [5.74, 6) is 0.636. The lowest BCUT2D eigenvalue weighted by atomic mass is 9.95. The lowest BCUT2D eigenvalue weighted by molar-refractivity contribution is 0.623. The quantitative estimate of drug-likeness (QED) is 0.168. The molecule has 11 rings (SSSR count). The van der Waals surface area contributed by atoms with Gasteiger partial charge >= 0.3 is 0 Å². The Hall–Kier alpha value is -6.75. The van der Waals surface area contributed by atoms with Gasteiger partial charge in [0.15, 0.2) is 5.58 Å². The summed E-state index contributed by atoms with van der Waals surface area (Å²) < 4.78 is 9.18. The van der Waals surface area contributed by atoms with Gasteiger partial charge in [-0.1, -0.05) is 115 Å². The molecule has 0 aliphatic rings. The summed E-state index contributed by atoms with van der Waals surface area (Å²) >= 11 is 1.85. The molecule has 3 nitrogen and oxygen atoms in total. The Morgan fingerprint density at radius 3 is 1.83 bits per heavy atom. The second-order valence-corrected chi connectivity index (χ2v) is 14.6. The molecular weight excluding hydrogens is 665 g/mol. The van der Waals surface area contributed by atoms with E-state index in [-0.39, 0.29) is 0 Å². The molecule has 0 unspecified atom stereocenters. The molecule has 4 heteroatoms. The molecule has 0 saturated heterocycles. The van der Waals surface area contributed by atoms with Crippen molar-refractivity contribution < 1.29 is 4.42 Å². The van der Waals surface area contributed by atoms with Gasteiger partial charge in [0.05, 0.1) is 0 Å². The molecule has 53 heavy (non-hydrogen) atoms. The van der Waals surface area contributed by atoms with E-state index in [9.17, 15) is 0 Å². The Kier molecular flexibility index (Phi) is 6.73. The Morgan fingerprint density at radius 1 is 0.415 bits per heavy atom. The van der Waals surface area contributed by atoms with Crippen LogP contribution in [-0.2, 0) is 0 Å². The topological polar surface area (TPSA) is 29.3 Å². The van der Waals surface area contributed by atoms with Gasteiger partial charge in [0, 0.05) is 53.6 Å². The monoisotopic (exact) mass is 694 g/mol. The molecule has 0 saturated carbocycles. The Bertz CT molecular complexity index is 3160. The van der Waals surface area contributed by atoms with E-state index >= 15 is 0 Å². The fourth-order valence-corrected chi connectivity index (χ4v) is 9.00. The van der Waals surface area contributed by atoms with Gasteiger partial charge in [0.2, 0.25) is 5.89 Å². The number of nitrogens with zero attached hydrogens (tertiary/aromatic N) is 2. The van der Waals surface area contributed by atoms with Crippen molar-refractivity contribution in [3.8, 4) is 22.6 Å². The number of thiophene rings is 1. The van der Waals surface area contributed by atoms with Gasteiger partial charge in [0.1, 0.15) is 5.52 Å². The standard InChI is InChI=1S/C49H30N2OS/c1-3-9-31(10-4-1)32-19-22-37(23-20-32)51(39-25-28-45-42(30-39)41-13-7-8-14-44(41)53-45)38-24-26-40-36(29-38)18-17-33-15-16-34-21-27-43-48(47(34)46(33)40)52-49(50-43)35-11-5-2-6-12-35/h1-30H. The number of oxazole rings is 1. The summed E-state index contributed by atoms with van der Waals surface area (Å²) in [5.41, 5.74) is 8.37. The first-order valence-corrected chi connectivity index (χ1v) is 18.7. The number of hydrogen-bond acceptors (Lipinski definition) is 4. The largest absolute Gasteiger partial charge is 0.435 e. The molecule has 0 aliphatic carbocycles. The van der Waals surface area contributed by atoms with Crippen LogP contribution in [0.15, 0.2) is 186 Å². The maximum Gasteiger partial charge on any atom is 0.227 e. The molecule has 0 bridgehead atoms. The number of aromatic nitrogens is 1. The molecule has 0 aliphatic heterocycles. The fourth-order valence-electron chi connectivity index (χ4n) is 7.91. The van der Waals surface area contributed by atoms with E-state index in [1.54, 1.807) is 0 Å². The first-order chi connectivity index (χ1) is 26.2. The minimum absolute atomic E-state index is 0.636. The molecule has 9 aromatic carbocycles. The van der Waals surface area contributed by atoms with Crippen LogP contribution in [0, 0.1) is 0 Å². The van der Waals surface area contributed by atoms with Gasteiger partial charge < -0.3 is 9.32 Å². The van der Waals surface area contributed by atoms with Crippen LogP contribution in [-0.4, -0.2) is 4.98 Å². The molecule has 0 radical (unpaired) electrons. The summed E-state index contributed by atoms with van der Waals surface area (Å²) in [5, 5.41) is 9.49. The third-order valence-corrected chi connectivity index (χ3v) is 11.6. The number of rotatable bonds is 5. The molecular formula is C49H30N2OS. The van der Waals surface area contributed by atoms with Crippen molar-refractivity contribution in [2.45, 2.75) is 0 Å². The number of anilines is 3. The zero-order chi connectivity index (χ0) is 34.9. The van der Waals surface area contributed by atoms with Gasteiger partial charge in [-0.3, -0.25) is 0 Å². The van der Waals surface area contributed by atoms with Gasteiger partial charge in [-0.15, -0.1) is 11.3 Å². The normalized spacial score (nSPS) is 11.8. The lowest BCUT2D eigenvalue weighted by Gasteiger charge is -2.26. The van der Waals surface area contributed by atoms with Crippen molar-refractivity contribution in [1.82, 2.24) is 4.98 Å². The van der Waals surface area contributed by atoms with E-state index in [4.69, 9.17) is 9.40 Å². The van der Waals surface area contributed by atoms with Crippen molar-refractivity contribution >= 4 is 92.0 Å². The van der Waals surface area contributed by atoms with Crippen molar-refractivity contribution in [2.75, 3.05) is 4.90 Å².